The van der Waals surface area contributed by atoms with Crippen molar-refractivity contribution in [2.45, 2.75) is 32.7 Å². The number of nitrogens with zero attached hydrogens (tertiary/aromatic N) is 4. The van der Waals surface area contributed by atoms with Gasteiger partial charge in [-0.3, -0.25) is 9.69 Å². The van der Waals surface area contributed by atoms with Crippen LogP contribution in [0, 0.1) is 5.92 Å². The fourth-order valence-corrected chi connectivity index (χ4v) is 3.96. The number of aromatic nitrogens is 2. The molecule has 7 nitrogen and oxygen atoms in total. The number of hydrogen-bond acceptors (Lipinski definition) is 6. The van der Waals surface area contributed by atoms with Crippen molar-refractivity contribution in [2.24, 2.45) is 5.92 Å². The molecular weight excluding hydrogens is 356 g/mol. The molecule has 0 bridgehead atoms. The topological polar surface area (TPSA) is 71.7 Å². The first-order valence-electron chi connectivity index (χ1n) is 10.2. The molecule has 2 fully saturated rings. The average Bonchev–Trinajstić information content (AvgIpc) is 3.22. The summed E-state index contributed by atoms with van der Waals surface area (Å²) in [6.45, 7) is 7.13. The van der Waals surface area contributed by atoms with Crippen molar-refractivity contribution < 1.29 is 14.1 Å². The predicted octanol–water partition coefficient (Wildman–Crippen LogP) is 2.37. The molecule has 3 heterocycles. The maximum Gasteiger partial charge on any atom is 0.241 e. The highest BCUT2D eigenvalue weighted by molar-refractivity contribution is 5.79. The third-order valence-electron chi connectivity index (χ3n) is 5.62. The molecule has 2 aliphatic heterocycles. The zero-order valence-electron chi connectivity index (χ0n) is 16.5. The van der Waals surface area contributed by atoms with E-state index in [0.717, 1.165) is 37.9 Å². The zero-order chi connectivity index (χ0) is 19.3. The van der Waals surface area contributed by atoms with Crippen LogP contribution in [0.15, 0.2) is 28.8 Å². The van der Waals surface area contributed by atoms with Crippen LogP contribution in [0.5, 0.6) is 0 Å². The van der Waals surface area contributed by atoms with Gasteiger partial charge in [0.2, 0.25) is 17.6 Å². The summed E-state index contributed by atoms with van der Waals surface area (Å²) in [5.74, 6) is 1.54. The van der Waals surface area contributed by atoms with Crippen LogP contribution in [0.3, 0.4) is 0 Å². The second-order valence-electron chi connectivity index (χ2n) is 7.57. The normalized spacial score (nSPS) is 21.0. The summed E-state index contributed by atoms with van der Waals surface area (Å²) < 4.78 is 10.8. The molecule has 2 saturated heterocycles. The molecule has 0 aliphatic carbocycles. The molecule has 0 spiro atoms. The van der Waals surface area contributed by atoms with E-state index in [1.54, 1.807) is 0 Å². The minimum Gasteiger partial charge on any atom is -0.378 e. The van der Waals surface area contributed by atoms with Crippen LogP contribution in [-0.2, 0) is 22.5 Å². The number of carbonyl (C=O) groups excluding carboxylic acids is 1. The van der Waals surface area contributed by atoms with E-state index in [4.69, 9.17) is 9.26 Å². The van der Waals surface area contributed by atoms with Gasteiger partial charge in [0.05, 0.1) is 25.7 Å². The predicted molar refractivity (Wildman–Crippen MR) is 105 cm³/mol. The summed E-state index contributed by atoms with van der Waals surface area (Å²) in [5.41, 5.74) is 2.25. The molecule has 1 amide bonds. The van der Waals surface area contributed by atoms with Gasteiger partial charge in [0.25, 0.3) is 0 Å². The Morgan fingerprint density at radius 1 is 1.18 bits per heavy atom. The maximum atomic E-state index is 12.8. The number of piperidine rings is 1. The molecule has 28 heavy (non-hydrogen) atoms. The number of aryl methyl sites for hydroxylation is 1. The molecule has 7 heteroatoms. The van der Waals surface area contributed by atoms with Crippen molar-refractivity contribution in [1.82, 2.24) is 19.9 Å². The van der Waals surface area contributed by atoms with Crippen LogP contribution in [0.1, 0.15) is 31.2 Å². The number of benzene rings is 1. The lowest BCUT2D eigenvalue weighted by Gasteiger charge is -2.35. The summed E-state index contributed by atoms with van der Waals surface area (Å²) in [6.07, 6.45) is 2.98. The lowest BCUT2D eigenvalue weighted by atomic mass is 9.96. The van der Waals surface area contributed by atoms with E-state index >= 15 is 0 Å². The van der Waals surface area contributed by atoms with Crippen LogP contribution in [0.2, 0.25) is 0 Å². The van der Waals surface area contributed by atoms with Crippen LogP contribution < -0.4 is 0 Å². The van der Waals surface area contributed by atoms with Gasteiger partial charge in [-0.2, -0.15) is 4.98 Å². The fourth-order valence-electron chi connectivity index (χ4n) is 3.96. The van der Waals surface area contributed by atoms with Gasteiger partial charge in [-0.25, -0.2) is 0 Å². The van der Waals surface area contributed by atoms with Crippen molar-refractivity contribution in [1.29, 1.82) is 0 Å². The van der Waals surface area contributed by atoms with E-state index in [9.17, 15) is 4.79 Å². The second-order valence-corrected chi connectivity index (χ2v) is 7.57. The van der Waals surface area contributed by atoms with Gasteiger partial charge >= 0.3 is 0 Å². The van der Waals surface area contributed by atoms with E-state index in [0.29, 0.717) is 44.6 Å². The first-order chi connectivity index (χ1) is 13.7. The molecular formula is C21H28N4O3. The molecule has 0 saturated carbocycles. The highest BCUT2D eigenvalue weighted by Gasteiger charge is 2.30. The summed E-state index contributed by atoms with van der Waals surface area (Å²) >= 11 is 0. The van der Waals surface area contributed by atoms with E-state index in [1.165, 1.54) is 5.56 Å². The Morgan fingerprint density at radius 3 is 2.71 bits per heavy atom. The van der Waals surface area contributed by atoms with Crippen molar-refractivity contribution >= 4 is 5.91 Å². The third-order valence-corrected chi connectivity index (χ3v) is 5.62. The Bertz CT molecular complexity index is 783. The van der Waals surface area contributed by atoms with E-state index in [-0.39, 0.29) is 11.8 Å². The van der Waals surface area contributed by atoms with Crippen LogP contribution in [-0.4, -0.2) is 65.2 Å². The van der Waals surface area contributed by atoms with Crippen LogP contribution >= 0.6 is 0 Å². The average molecular weight is 384 g/mol. The lowest BCUT2D eigenvalue weighted by Crippen LogP contribution is -2.48. The summed E-state index contributed by atoms with van der Waals surface area (Å²) in [7, 11) is 0. The molecule has 2 aliphatic rings. The lowest BCUT2D eigenvalue weighted by molar-refractivity contribution is -0.141. The van der Waals surface area contributed by atoms with Gasteiger partial charge in [0.1, 0.15) is 0 Å². The fraction of sp³-hybridized carbons (Fsp3) is 0.571. The van der Waals surface area contributed by atoms with E-state index in [1.807, 2.05) is 17.0 Å². The standard InChI is InChI=1S/C21H28N4O3/c1-2-16-5-7-17(8-6-16)20-22-19(28-23-20)15-24-9-3-4-18(14-24)21(26)25-10-12-27-13-11-25/h5-8,18H,2-4,9-15H2,1H3. The van der Waals surface area contributed by atoms with Crippen molar-refractivity contribution in [2.75, 3.05) is 39.4 Å². The van der Waals surface area contributed by atoms with E-state index in [2.05, 4.69) is 34.1 Å². The number of rotatable bonds is 5. The third kappa shape index (κ3) is 4.42. The van der Waals surface area contributed by atoms with Crippen LogP contribution in [0.25, 0.3) is 11.4 Å². The molecule has 150 valence electrons. The smallest absolute Gasteiger partial charge is 0.241 e. The number of likely N-dealkylation sites (tertiary alicyclic amines) is 1. The largest absolute Gasteiger partial charge is 0.378 e. The molecule has 0 N–H and O–H groups in total. The Hall–Kier alpha value is -2.25. The van der Waals surface area contributed by atoms with Gasteiger partial charge in [0, 0.05) is 25.2 Å². The first kappa shape index (κ1) is 19.1. The van der Waals surface area contributed by atoms with Gasteiger partial charge in [-0.05, 0) is 31.4 Å². The minimum atomic E-state index is 0.0517. The number of carbonyl (C=O) groups is 1. The van der Waals surface area contributed by atoms with Gasteiger partial charge in [0.15, 0.2) is 0 Å². The van der Waals surface area contributed by atoms with Crippen molar-refractivity contribution in [3.05, 3.63) is 35.7 Å². The molecule has 1 unspecified atom stereocenters. The Balaban J connectivity index is 1.36. The molecule has 1 aromatic heterocycles. The quantitative estimate of drug-likeness (QED) is 0.788. The molecule has 4 rings (SSSR count). The monoisotopic (exact) mass is 384 g/mol. The molecule has 1 atom stereocenters. The second kappa shape index (κ2) is 8.84. The van der Waals surface area contributed by atoms with Crippen molar-refractivity contribution in [3.8, 4) is 11.4 Å². The SMILES string of the molecule is CCc1ccc(-c2noc(CN3CCCC(C(=O)N4CCOCC4)C3)n2)cc1. The summed E-state index contributed by atoms with van der Waals surface area (Å²) in [4.78, 5) is 21.5. The number of amides is 1. The Kier molecular flexibility index (Phi) is 6.02. The van der Waals surface area contributed by atoms with E-state index < -0.39 is 0 Å². The summed E-state index contributed by atoms with van der Waals surface area (Å²) in [6, 6.07) is 8.26. The maximum absolute atomic E-state index is 12.8. The number of hydrogen-bond donors (Lipinski definition) is 0. The summed E-state index contributed by atoms with van der Waals surface area (Å²) in [5, 5.41) is 4.13. The minimum absolute atomic E-state index is 0.0517. The zero-order valence-corrected chi connectivity index (χ0v) is 16.5. The van der Waals surface area contributed by atoms with Gasteiger partial charge in [-0.1, -0.05) is 36.3 Å². The highest BCUT2D eigenvalue weighted by Crippen LogP contribution is 2.22. The Labute approximate surface area is 165 Å². The highest BCUT2D eigenvalue weighted by atomic mass is 16.5. The number of ether oxygens (including phenoxy) is 1. The first-order valence-corrected chi connectivity index (χ1v) is 10.2. The van der Waals surface area contributed by atoms with Crippen LogP contribution in [0.4, 0.5) is 0 Å². The Morgan fingerprint density at radius 2 is 1.96 bits per heavy atom. The number of morpholine rings is 1. The van der Waals surface area contributed by atoms with Gasteiger partial charge < -0.3 is 14.2 Å². The molecule has 0 radical (unpaired) electrons. The van der Waals surface area contributed by atoms with Gasteiger partial charge in [-0.15, -0.1) is 0 Å². The molecule has 1 aromatic carbocycles. The van der Waals surface area contributed by atoms with Crippen molar-refractivity contribution in [3.63, 3.8) is 0 Å². The molecule has 2 aromatic rings.